The van der Waals surface area contributed by atoms with Crippen LogP contribution in [-0.2, 0) is 13.2 Å². The van der Waals surface area contributed by atoms with Gasteiger partial charge in [0.1, 0.15) is 17.1 Å². The number of thioether (sulfide) groups is 1. The van der Waals surface area contributed by atoms with Gasteiger partial charge in [0.2, 0.25) is 0 Å². The van der Waals surface area contributed by atoms with Gasteiger partial charge in [-0.05, 0) is 30.9 Å². The lowest BCUT2D eigenvalue weighted by Gasteiger charge is -2.10. The van der Waals surface area contributed by atoms with Gasteiger partial charge in [0.15, 0.2) is 5.82 Å². The normalized spacial score (nSPS) is 11.8. The number of nitrogens with one attached hydrogen (secondary N) is 1. The molecule has 0 aliphatic heterocycles. The molecule has 1 amide bonds. The molecule has 3 heterocycles. The third-order valence-corrected chi connectivity index (χ3v) is 5.08. The second-order valence-electron chi connectivity index (χ2n) is 6.01. The first-order chi connectivity index (χ1) is 13.2. The molecule has 0 bridgehead atoms. The van der Waals surface area contributed by atoms with Crippen LogP contribution in [0.25, 0.3) is 22.6 Å². The van der Waals surface area contributed by atoms with Crippen LogP contribution >= 0.6 is 11.8 Å². The van der Waals surface area contributed by atoms with Gasteiger partial charge in [0.05, 0.1) is 16.7 Å². The van der Waals surface area contributed by atoms with Crippen molar-refractivity contribution in [1.29, 1.82) is 0 Å². The zero-order chi connectivity index (χ0) is 20.6. The summed E-state index contributed by atoms with van der Waals surface area (Å²) < 4.78 is 41.0. The Morgan fingerprint density at radius 2 is 1.96 bits per heavy atom. The lowest BCUT2D eigenvalue weighted by molar-refractivity contribution is -0.141. The van der Waals surface area contributed by atoms with E-state index in [0.717, 1.165) is 16.7 Å². The highest BCUT2D eigenvalue weighted by Gasteiger charge is 2.34. The summed E-state index contributed by atoms with van der Waals surface area (Å²) in [4.78, 5) is 25.3. The molecule has 0 saturated carbocycles. The van der Waals surface area contributed by atoms with E-state index in [1.165, 1.54) is 25.7 Å². The fourth-order valence-corrected chi connectivity index (χ4v) is 3.68. The van der Waals surface area contributed by atoms with Gasteiger partial charge in [0, 0.05) is 19.0 Å². The summed E-state index contributed by atoms with van der Waals surface area (Å²) >= 11 is 1.51. The predicted molar refractivity (Wildman–Crippen MR) is 101 cm³/mol. The number of carbonyl (C=O) groups excluding carboxylic acids is 1. The molecular weight excluding hydrogens is 391 g/mol. The van der Waals surface area contributed by atoms with Gasteiger partial charge in [-0.15, -0.1) is 11.8 Å². The molecule has 3 aromatic rings. The van der Waals surface area contributed by atoms with Crippen LogP contribution in [0.4, 0.5) is 13.2 Å². The molecule has 1 N–H and O–H groups in total. The Morgan fingerprint density at radius 1 is 1.25 bits per heavy atom. The molecule has 0 spiro atoms. The van der Waals surface area contributed by atoms with Crippen molar-refractivity contribution >= 4 is 28.7 Å². The van der Waals surface area contributed by atoms with Crippen molar-refractivity contribution in [3.63, 3.8) is 0 Å². The Morgan fingerprint density at radius 3 is 2.57 bits per heavy atom. The van der Waals surface area contributed by atoms with E-state index >= 15 is 0 Å². The maximum absolute atomic E-state index is 13.1. The molecule has 0 aliphatic carbocycles. The maximum atomic E-state index is 13.1. The molecule has 10 heteroatoms. The van der Waals surface area contributed by atoms with Crippen molar-refractivity contribution in [3.8, 4) is 11.5 Å². The van der Waals surface area contributed by atoms with Crippen LogP contribution in [0.2, 0.25) is 0 Å². The summed E-state index contributed by atoms with van der Waals surface area (Å²) in [5.41, 5.74) is 0.547. The molecule has 0 aromatic carbocycles. The van der Waals surface area contributed by atoms with Gasteiger partial charge in [-0.25, -0.2) is 15.0 Å². The van der Waals surface area contributed by atoms with Crippen LogP contribution < -0.4 is 5.32 Å². The molecule has 0 atom stereocenters. The number of amides is 1. The highest BCUT2D eigenvalue weighted by atomic mass is 32.2. The van der Waals surface area contributed by atoms with Gasteiger partial charge >= 0.3 is 6.18 Å². The number of alkyl halides is 3. The first-order valence-corrected chi connectivity index (χ1v) is 9.43. The number of fused-ring (bicyclic) bond motifs is 1. The second kappa shape index (κ2) is 7.42. The molecule has 0 radical (unpaired) electrons. The second-order valence-corrected chi connectivity index (χ2v) is 7.31. The molecule has 3 aromatic heterocycles. The van der Waals surface area contributed by atoms with E-state index in [0.29, 0.717) is 17.0 Å². The van der Waals surface area contributed by atoms with Gasteiger partial charge in [0.25, 0.3) is 5.91 Å². The fraction of sp³-hybridized carbons (Fsp3) is 0.333. The van der Waals surface area contributed by atoms with Gasteiger partial charge in [-0.3, -0.25) is 4.79 Å². The Labute approximate surface area is 163 Å². The molecule has 0 aliphatic rings. The number of rotatable bonds is 4. The summed E-state index contributed by atoms with van der Waals surface area (Å²) in [6.45, 7) is 3.48. The fourth-order valence-electron chi connectivity index (χ4n) is 2.93. The zero-order valence-corrected chi connectivity index (χ0v) is 16.5. The van der Waals surface area contributed by atoms with E-state index < -0.39 is 11.9 Å². The number of halogens is 3. The number of hydrogen-bond donors (Lipinski definition) is 1. The van der Waals surface area contributed by atoms with Crippen molar-refractivity contribution in [2.75, 3.05) is 12.8 Å². The number of hydrogen-bond acceptors (Lipinski definition) is 5. The smallest absolute Gasteiger partial charge is 0.354 e. The SMILES string of the molecule is CCSc1ccc(C(=O)NC)nc1-c1nc2cc(C(F)(F)F)nc(C)c2n1C. The van der Waals surface area contributed by atoms with Crippen molar-refractivity contribution < 1.29 is 18.0 Å². The molecule has 3 rings (SSSR count). The number of aromatic nitrogens is 4. The largest absolute Gasteiger partial charge is 0.433 e. The molecule has 0 saturated heterocycles. The topological polar surface area (TPSA) is 72.7 Å². The Kier molecular flexibility index (Phi) is 5.33. The number of pyridine rings is 2. The standard InChI is InChI=1S/C18H18F3N5OS/c1-5-28-12-7-6-10(17(27)22-3)24-14(12)16-25-11-8-13(18(19,20)21)23-9(2)15(11)26(16)4/h6-8H,5H2,1-4H3,(H,22,27). The summed E-state index contributed by atoms with van der Waals surface area (Å²) in [6.07, 6.45) is -4.56. The maximum Gasteiger partial charge on any atom is 0.433 e. The van der Waals surface area contributed by atoms with Crippen molar-refractivity contribution in [2.24, 2.45) is 7.05 Å². The third kappa shape index (κ3) is 3.56. The van der Waals surface area contributed by atoms with Gasteiger partial charge in [-0.1, -0.05) is 6.92 Å². The van der Waals surface area contributed by atoms with Crippen LogP contribution in [0.15, 0.2) is 23.1 Å². The Hall–Kier alpha value is -2.62. The van der Waals surface area contributed by atoms with Crippen LogP contribution in [0, 0.1) is 6.92 Å². The molecule has 0 unspecified atom stereocenters. The average Bonchev–Trinajstić information content (AvgIpc) is 2.98. The first kappa shape index (κ1) is 20.1. The highest BCUT2D eigenvalue weighted by molar-refractivity contribution is 7.99. The summed E-state index contributed by atoms with van der Waals surface area (Å²) in [7, 11) is 3.20. The minimum absolute atomic E-state index is 0.178. The third-order valence-electron chi connectivity index (χ3n) is 4.15. The Bertz CT molecular complexity index is 1060. The summed E-state index contributed by atoms with van der Waals surface area (Å²) in [5.74, 6) is 0.780. The zero-order valence-electron chi connectivity index (χ0n) is 15.7. The monoisotopic (exact) mass is 409 g/mol. The lowest BCUT2D eigenvalue weighted by atomic mass is 10.2. The number of carbonyl (C=O) groups is 1. The molecule has 28 heavy (non-hydrogen) atoms. The van der Waals surface area contributed by atoms with Crippen molar-refractivity contribution in [3.05, 3.63) is 35.3 Å². The quantitative estimate of drug-likeness (QED) is 0.663. The van der Waals surface area contributed by atoms with E-state index in [4.69, 9.17) is 0 Å². The number of imidazole rings is 1. The van der Waals surface area contributed by atoms with E-state index in [9.17, 15) is 18.0 Å². The number of aryl methyl sites for hydroxylation is 2. The summed E-state index contributed by atoms with van der Waals surface area (Å²) in [5, 5.41) is 2.52. The van der Waals surface area contributed by atoms with Crippen LogP contribution in [0.5, 0.6) is 0 Å². The first-order valence-electron chi connectivity index (χ1n) is 8.45. The van der Waals surface area contributed by atoms with E-state index in [1.54, 1.807) is 23.7 Å². The lowest BCUT2D eigenvalue weighted by Crippen LogP contribution is -2.19. The highest BCUT2D eigenvalue weighted by Crippen LogP contribution is 2.34. The summed E-state index contributed by atoms with van der Waals surface area (Å²) in [6, 6.07) is 4.31. The van der Waals surface area contributed by atoms with Gasteiger partial charge in [-0.2, -0.15) is 13.2 Å². The average molecular weight is 409 g/mol. The van der Waals surface area contributed by atoms with Crippen LogP contribution in [0.3, 0.4) is 0 Å². The molecule has 0 fully saturated rings. The van der Waals surface area contributed by atoms with E-state index in [1.807, 2.05) is 6.92 Å². The molecular formula is C18H18F3N5OS. The van der Waals surface area contributed by atoms with E-state index in [2.05, 4.69) is 20.3 Å². The minimum atomic E-state index is -4.56. The van der Waals surface area contributed by atoms with Crippen molar-refractivity contribution in [2.45, 2.75) is 24.9 Å². The van der Waals surface area contributed by atoms with Crippen LogP contribution in [0.1, 0.15) is 28.8 Å². The van der Waals surface area contributed by atoms with Crippen molar-refractivity contribution in [1.82, 2.24) is 24.8 Å². The predicted octanol–water partition coefficient (Wildman–Crippen LogP) is 3.83. The Balaban J connectivity index is 2.27. The minimum Gasteiger partial charge on any atom is -0.354 e. The van der Waals surface area contributed by atoms with Crippen LogP contribution in [-0.4, -0.2) is 38.2 Å². The molecule has 6 nitrogen and oxygen atoms in total. The molecule has 148 valence electrons. The van der Waals surface area contributed by atoms with Gasteiger partial charge < -0.3 is 9.88 Å². The number of nitrogens with zero attached hydrogens (tertiary/aromatic N) is 4. The van der Waals surface area contributed by atoms with E-state index in [-0.39, 0.29) is 22.8 Å².